The molecule has 0 bridgehead atoms. The van der Waals surface area contributed by atoms with Crippen molar-refractivity contribution < 1.29 is 27.4 Å². The zero-order chi connectivity index (χ0) is 17.1. The number of hydrogen-bond acceptors (Lipinski definition) is 7. The van der Waals surface area contributed by atoms with Crippen LogP contribution in [0.5, 0.6) is 11.8 Å². The monoisotopic (exact) mass is 354 g/mol. The molecule has 2 aliphatic rings. The van der Waals surface area contributed by atoms with Crippen LogP contribution in [-0.4, -0.2) is 42.0 Å². The number of benzene rings is 1. The Hall–Kier alpha value is -2.69. The Morgan fingerprint density at radius 3 is 2.79 bits per heavy atom. The number of nitrogens with one attached hydrogen (secondary N) is 1. The van der Waals surface area contributed by atoms with Crippen LogP contribution in [0.2, 0.25) is 0 Å². The third-order valence-corrected chi connectivity index (χ3v) is 4.99. The molecule has 1 aromatic heterocycles. The van der Waals surface area contributed by atoms with Gasteiger partial charge in [0.05, 0.1) is 0 Å². The summed E-state index contributed by atoms with van der Waals surface area (Å²) in [6, 6.07) is 1.10. The number of amides is 1. The summed E-state index contributed by atoms with van der Waals surface area (Å²) in [5.41, 5.74) is -0.847. The normalized spacial score (nSPS) is 19.5. The summed E-state index contributed by atoms with van der Waals surface area (Å²) in [6.07, 6.45) is 3.01. The highest BCUT2D eigenvalue weighted by molar-refractivity contribution is 7.92. The minimum Gasteiger partial charge on any atom is -0.506 e. The zero-order valence-electron chi connectivity index (χ0n) is 12.1. The second-order valence-electron chi connectivity index (χ2n) is 5.50. The fourth-order valence-electron chi connectivity index (χ4n) is 2.37. The van der Waals surface area contributed by atoms with Crippen LogP contribution in [0.3, 0.4) is 0 Å². The van der Waals surface area contributed by atoms with Gasteiger partial charge in [0, 0.05) is 11.6 Å². The Kier molecular flexibility index (Phi) is 3.04. The first-order valence-electron chi connectivity index (χ1n) is 7.03. The predicted octanol–water partition coefficient (Wildman–Crippen LogP) is 0.197. The SMILES string of the molecule is O=C1CN(c2c(O)cc3cnc(OC4CC4)nc3c2F)S(=O)(=O)N1. The van der Waals surface area contributed by atoms with Crippen LogP contribution in [0, 0.1) is 5.82 Å². The van der Waals surface area contributed by atoms with E-state index >= 15 is 0 Å². The van der Waals surface area contributed by atoms with Crippen LogP contribution in [-0.2, 0) is 15.0 Å². The Morgan fingerprint density at radius 1 is 1.42 bits per heavy atom. The van der Waals surface area contributed by atoms with Crippen molar-refractivity contribution in [3.8, 4) is 11.8 Å². The second-order valence-corrected chi connectivity index (χ2v) is 7.10. The lowest BCUT2D eigenvalue weighted by Gasteiger charge is -2.17. The number of anilines is 1. The fraction of sp³-hybridized carbons (Fsp3) is 0.308. The zero-order valence-corrected chi connectivity index (χ0v) is 12.9. The third-order valence-electron chi connectivity index (χ3n) is 3.61. The number of hydrogen-bond donors (Lipinski definition) is 2. The van der Waals surface area contributed by atoms with E-state index in [0.717, 1.165) is 18.9 Å². The average molecular weight is 354 g/mol. The maximum absolute atomic E-state index is 14.8. The van der Waals surface area contributed by atoms with Gasteiger partial charge in [0.1, 0.15) is 29.6 Å². The lowest BCUT2D eigenvalue weighted by Crippen LogP contribution is -2.30. The van der Waals surface area contributed by atoms with Crippen molar-refractivity contribution in [3.05, 3.63) is 18.1 Å². The molecule has 0 atom stereocenters. The number of nitrogens with zero attached hydrogens (tertiary/aromatic N) is 3. The summed E-state index contributed by atoms with van der Waals surface area (Å²) < 4.78 is 46.2. The summed E-state index contributed by atoms with van der Waals surface area (Å²) in [5.74, 6) is -2.54. The number of aromatic nitrogens is 2. The molecule has 1 saturated heterocycles. The van der Waals surface area contributed by atoms with E-state index in [1.54, 1.807) is 4.72 Å². The maximum atomic E-state index is 14.8. The second kappa shape index (κ2) is 4.90. The van der Waals surface area contributed by atoms with Gasteiger partial charge in [-0.15, -0.1) is 0 Å². The molecule has 2 aromatic rings. The minimum atomic E-state index is -4.26. The first-order chi connectivity index (χ1) is 11.3. The van der Waals surface area contributed by atoms with E-state index in [4.69, 9.17) is 4.74 Å². The summed E-state index contributed by atoms with van der Waals surface area (Å²) in [4.78, 5) is 19.2. The molecule has 9 nitrogen and oxygen atoms in total. The van der Waals surface area contributed by atoms with Gasteiger partial charge in [-0.05, 0) is 18.9 Å². The van der Waals surface area contributed by atoms with E-state index < -0.39 is 39.9 Å². The molecule has 0 spiro atoms. The quantitative estimate of drug-likeness (QED) is 0.807. The van der Waals surface area contributed by atoms with E-state index in [2.05, 4.69) is 9.97 Å². The molecule has 24 heavy (non-hydrogen) atoms. The molecular formula is C13H11FN4O5S. The molecule has 4 rings (SSSR count). The van der Waals surface area contributed by atoms with Crippen LogP contribution in [0.1, 0.15) is 12.8 Å². The number of ether oxygens (including phenoxy) is 1. The first-order valence-corrected chi connectivity index (χ1v) is 8.47. The van der Waals surface area contributed by atoms with Crippen molar-refractivity contribution in [2.45, 2.75) is 18.9 Å². The molecular weight excluding hydrogens is 343 g/mol. The number of rotatable bonds is 3. The van der Waals surface area contributed by atoms with Crippen LogP contribution in [0.4, 0.5) is 10.1 Å². The van der Waals surface area contributed by atoms with Gasteiger partial charge in [0.2, 0.25) is 0 Å². The lowest BCUT2D eigenvalue weighted by atomic mass is 10.2. The molecule has 126 valence electrons. The number of aromatic hydroxyl groups is 1. The molecule has 1 amide bonds. The molecule has 2 heterocycles. The molecule has 1 aliphatic heterocycles. The minimum absolute atomic E-state index is 0.00266. The Bertz CT molecular complexity index is 976. The number of phenolic OH excluding ortho intramolecular Hbond substituents is 1. The van der Waals surface area contributed by atoms with Crippen molar-refractivity contribution in [2.75, 3.05) is 10.8 Å². The van der Waals surface area contributed by atoms with Crippen molar-refractivity contribution in [1.29, 1.82) is 0 Å². The summed E-state index contributed by atoms with van der Waals surface area (Å²) >= 11 is 0. The lowest BCUT2D eigenvalue weighted by molar-refractivity contribution is -0.117. The van der Waals surface area contributed by atoms with Gasteiger partial charge in [-0.3, -0.25) is 4.79 Å². The number of fused-ring (bicyclic) bond motifs is 1. The summed E-state index contributed by atoms with van der Waals surface area (Å²) in [6.45, 7) is -0.630. The Morgan fingerprint density at radius 2 is 2.17 bits per heavy atom. The Labute approximate surface area is 135 Å². The number of phenols is 1. The Balaban J connectivity index is 1.87. The molecule has 2 N–H and O–H groups in total. The van der Waals surface area contributed by atoms with Gasteiger partial charge in [0.15, 0.2) is 5.82 Å². The highest BCUT2D eigenvalue weighted by atomic mass is 32.2. The third kappa shape index (κ3) is 2.37. The van der Waals surface area contributed by atoms with Gasteiger partial charge < -0.3 is 9.84 Å². The predicted molar refractivity (Wildman–Crippen MR) is 79.2 cm³/mol. The molecule has 1 aromatic carbocycles. The van der Waals surface area contributed by atoms with Gasteiger partial charge in [-0.25, -0.2) is 18.4 Å². The molecule has 0 radical (unpaired) electrons. The molecule has 11 heteroatoms. The van der Waals surface area contributed by atoms with Crippen molar-refractivity contribution in [2.24, 2.45) is 0 Å². The van der Waals surface area contributed by atoms with Crippen molar-refractivity contribution in [1.82, 2.24) is 14.7 Å². The highest BCUT2D eigenvalue weighted by Gasteiger charge is 2.38. The van der Waals surface area contributed by atoms with Gasteiger partial charge >= 0.3 is 16.2 Å². The van der Waals surface area contributed by atoms with Crippen LogP contribution in [0.15, 0.2) is 12.3 Å². The molecule has 2 fully saturated rings. The molecule has 1 aliphatic carbocycles. The largest absolute Gasteiger partial charge is 0.506 e. The van der Waals surface area contributed by atoms with Crippen molar-refractivity contribution in [3.63, 3.8) is 0 Å². The standard InChI is InChI=1S/C13H11FN4O5S/c14-10-11-6(4-15-13(16-11)23-7-1-2-7)3-8(19)12(10)18-5-9(20)17-24(18,21)22/h3-4,7,19H,1-2,5H2,(H,17,20). The van der Waals surface area contributed by atoms with E-state index in [-0.39, 0.29) is 23.0 Å². The first kappa shape index (κ1) is 14.9. The molecule has 0 unspecified atom stereocenters. The molecule has 1 saturated carbocycles. The summed E-state index contributed by atoms with van der Waals surface area (Å²) in [5, 5.41) is 10.2. The van der Waals surface area contributed by atoms with Crippen molar-refractivity contribution >= 4 is 32.7 Å². The topological polar surface area (TPSA) is 122 Å². The van der Waals surface area contributed by atoms with E-state index in [0.29, 0.717) is 4.31 Å². The maximum Gasteiger partial charge on any atom is 0.326 e. The van der Waals surface area contributed by atoms with Crippen LogP contribution in [0.25, 0.3) is 10.9 Å². The van der Waals surface area contributed by atoms with E-state index in [9.17, 15) is 22.7 Å². The summed E-state index contributed by atoms with van der Waals surface area (Å²) in [7, 11) is -4.26. The number of carbonyl (C=O) groups excluding carboxylic acids is 1. The fourth-order valence-corrected chi connectivity index (χ4v) is 3.54. The van der Waals surface area contributed by atoms with E-state index in [1.165, 1.54) is 6.20 Å². The highest BCUT2D eigenvalue weighted by Crippen LogP contribution is 2.38. The van der Waals surface area contributed by atoms with Crippen LogP contribution < -0.4 is 13.8 Å². The smallest absolute Gasteiger partial charge is 0.326 e. The van der Waals surface area contributed by atoms with Crippen LogP contribution >= 0.6 is 0 Å². The average Bonchev–Trinajstić information content (AvgIpc) is 3.25. The van der Waals surface area contributed by atoms with Gasteiger partial charge in [-0.1, -0.05) is 0 Å². The van der Waals surface area contributed by atoms with Gasteiger partial charge in [-0.2, -0.15) is 13.4 Å². The van der Waals surface area contributed by atoms with E-state index in [1.807, 2.05) is 0 Å². The van der Waals surface area contributed by atoms with Gasteiger partial charge in [0.25, 0.3) is 5.91 Å². The number of carbonyl (C=O) groups is 1. The number of halogens is 1.